The van der Waals surface area contributed by atoms with Crippen LogP contribution in [0.1, 0.15) is 14.3 Å². The van der Waals surface area contributed by atoms with Gasteiger partial charge >= 0.3 is 0 Å². The van der Waals surface area contributed by atoms with Crippen LogP contribution >= 0.6 is 0 Å². The minimum absolute atomic E-state index is 0. The molecule has 2 aliphatic rings. The zero-order valence-electron chi connectivity index (χ0n) is 13.6. The maximum absolute atomic E-state index is 14.5. The Kier molecular flexibility index (Phi) is 5.52. The van der Waals surface area contributed by atoms with Crippen LogP contribution in [0.5, 0.6) is 0 Å². The summed E-state index contributed by atoms with van der Waals surface area (Å²) in [7, 11) is 0. The van der Waals surface area contributed by atoms with E-state index in [0.717, 1.165) is 11.6 Å². The molecule has 0 radical (unpaired) electrons. The predicted octanol–water partition coefficient (Wildman–Crippen LogP) is 0.803. The van der Waals surface area contributed by atoms with Crippen molar-refractivity contribution in [1.29, 1.82) is 0 Å². The van der Waals surface area contributed by atoms with Gasteiger partial charge < -0.3 is 15.7 Å². The minimum atomic E-state index is -0.867. The molecule has 1 saturated carbocycles. The Morgan fingerprint density at radius 1 is 1.38 bits per heavy atom. The number of benzene rings is 1. The number of hydroxylamine groups is 3. The summed E-state index contributed by atoms with van der Waals surface area (Å²) in [4.78, 5) is 7.67. The van der Waals surface area contributed by atoms with E-state index in [1.165, 1.54) is 18.9 Å². The zero-order chi connectivity index (χ0) is 17.1. The highest BCUT2D eigenvalue weighted by Gasteiger charge is 2.31. The third-order valence-electron chi connectivity index (χ3n) is 4.39. The predicted molar refractivity (Wildman–Crippen MR) is 90.6 cm³/mol. The lowest BCUT2D eigenvalue weighted by Gasteiger charge is -2.25. The van der Waals surface area contributed by atoms with E-state index in [1.807, 2.05) is 9.96 Å². The number of halogens is 1. The molecule has 1 saturated heterocycles. The minimum Gasteiger partial charge on any atom is -0.390 e. The summed E-state index contributed by atoms with van der Waals surface area (Å²) in [5.41, 5.74) is 6.10. The number of nitrogens with two attached hydrogens (primary N) is 1. The maximum atomic E-state index is 14.5. The summed E-state index contributed by atoms with van der Waals surface area (Å²) in [6.07, 6.45) is 1.47. The van der Waals surface area contributed by atoms with E-state index in [1.54, 1.807) is 12.1 Å². The van der Waals surface area contributed by atoms with Gasteiger partial charge in [-0.3, -0.25) is 15.1 Å². The van der Waals surface area contributed by atoms with Crippen molar-refractivity contribution in [2.24, 2.45) is 5.73 Å². The second-order valence-corrected chi connectivity index (χ2v) is 6.30. The Morgan fingerprint density at radius 3 is 2.83 bits per heavy atom. The Balaban J connectivity index is 0.00000225. The SMILES string of the molecule is NC[C@H](O)CN(O)c1ccc(N2CCON(C3CC3)CC2)c(F)c1.[HH]. The van der Waals surface area contributed by atoms with Gasteiger partial charge in [0.25, 0.3) is 0 Å². The molecule has 7 nitrogen and oxygen atoms in total. The lowest BCUT2D eigenvalue weighted by atomic mass is 10.2. The Bertz CT molecular complexity index is 564. The fraction of sp³-hybridized carbons (Fsp3) is 0.625. The summed E-state index contributed by atoms with van der Waals surface area (Å²) < 4.78 is 14.5. The Morgan fingerprint density at radius 2 is 2.17 bits per heavy atom. The smallest absolute Gasteiger partial charge is 0.148 e. The van der Waals surface area contributed by atoms with Gasteiger partial charge in [0.2, 0.25) is 0 Å². The standard InChI is InChI=1S/C16H25FN4O3.H2/c17-15-9-13(20(23)11-14(22)10-18)3-4-16(15)19-5-6-21(12-1-2-12)24-8-7-19;/h3-4,9,12,14,22-23H,1-2,5-8,10-11,18H2;1H/t14-;/m0./s1. The van der Waals surface area contributed by atoms with Gasteiger partial charge in [0.15, 0.2) is 0 Å². The zero-order valence-corrected chi connectivity index (χ0v) is 13.6. The van der Waals surface area contributed by atoms with Crippen LogP contribution in [0.15, 0.2) is 18.2 Å². The summed E-state index contributed by atoms with van der Waals surface area (Å²) in [5, 5.41) is 22.2. The van der Waals surface area contributed by atoms with E-state index in [4.69, 9.17) is 10.6 Å². The molecule has 0 unspecified atom stereocenters. The third kappa shape index (κ3) is 4.14. The Hall–Kier alpha value is -1.45. The normalized spacial score (nSPS) is 20.8. The molecule has 1 atom stereocenters. The summed E-state index contributed by atoms with van der Waals surface area (Å²) in [6, 6.07) is 5.07. The highest BCUT2D eigenvalue weighted by molar-refractivity contribution is 5.56. The molecule has 8 heteroatoms. The van der Waals surface area contributed by atoms with Crippen LogP contribution in [0.3, 0.4) is 0 Å². The van der Waals surface area contributed by atoms with Crippen LogP contribution in [-0.4, -0.2) is 66.9 Å². The highest BCUT2D eigenvalue weighted by atomic mass is 19.1. The molecule has 0 amide bonds. The van der Waals surface area contributed by atoms with E-state index in [9.17, 15) is 14.7 Å². The van der Waals surface area contributed by atoms with Gasteiger partial charge in [-0.1, -0.05) is 0 Å². The van der Waals surface area contributed by atoms with Crippen molar-refractivity contribution in [2.45, 2.75) is 25.0 Å². The molecule has 0 spiro atoms. The van der Waals surface area contributed by atoms with Crippen molar-refractivity contribution >= 4 is 11.4 Å². The molecule has 1 aliphatic heterocycles. The lowest BCUT2D eigenvalue weighted by molar-refractivity contribution is -0.154. The molecule has 0 aromatic heterocycles. The molecule has 4 N–H and O–H groups in total. The molecule has 1 aromatic carbocycles. The first-order valence-electron chi connectivity index (χ1n) is 8.37. The number of aliphatic hydroxyl groups excluding tert-OH is 1. The van der Waals surface area contributed by atoms with Crippen LogP contribution in [-0.2, 0) is 4.84 Å². The first kappa shape index (κ1) is 17.4. The number of hydrogen-bond acceptors (Lipinski definition) is 7. The van der Waals surface area contributed by atoms with Crippen LogP contribution in [0, 0.1) is 5.82 Å². The highest BCUT2D eigenvalue weighted by Crippen LogP contribution is 2.29. The molecule has 2 fully saturated rings. The summed E-state index contributed by atoms with van der Waals surface area (Å²) >= 11 is 0. The largest absolute Gasteiger partial charge is 0.390 e. The van der Waals surface area contributed by atoms with E-state index in [-0.39, 0.29) is 20.2 Å². The van der Waals surface area contributed by atoms with Crippen molar-refractivity contribution < 1.29 is 21.0 Å². The molecule has 0 bridgehead atoms. The molecule has 136 valence electrons. The summed E-state index contributed by atoms with van der Waals surface area (Å²) in [6.45, 7) is 2.56. The van der Waals surface area contributed by atoms with E-state index < -0.39 is 11.9 Å². The topological polar surface area (TPSA) is 85.4 Å². The molecule has 3 rings (SSSR count). The fourth-order valence-corrected chi connectivity index (χ4v) is 2.85. The van der Waals surface area contributed by atoms with Crippen molar-refractivity contribution in [1.82, 2.24) is 5.06 Å². The van der Waals surface area contributed by atoms with Gasteiger partial charge in [-0.25, -0.2) is 4.39 Å². The molecule has 24 heavy (non-hydrogen) atoms. The van der Waals surface area contributed by atoms with Crippen molar-refractivity contribution in [3.8, 4) is 0 Å². The second-order valence-electron chi connectivity index (χ2n) is 6.30. The van der Waals surface area contributed by atoms with E-state index in [2.05, 4.69) is 0 Å². The average molecular weight is 342 g/mol. The monoisotopic (exact) mass is 342 g/mol. The molecular weight excluding hydrogens is 315 g/mol. The van der Waals surface area contributed by atoms with Crippen molar-refractivity contribution in [3.63, 3.8) is 0 Å². The van der Waals surface area contributed by atoms with Crippen molar-refractivity contribution in [3.05, 3.63) is 24.0 Å². The van der Waals surface area contributed by atoms with Crippen LogP contribution in [0.25, 0.3) is 0 Å². The number of anilines is 2. The molecule has 1 aliphatic carbocycles. The first-order valence-corrected chi connectivity index (χ1v) is 8.37. The number of rotatable bonds is 6. The fourth-order valence-electron chi connectivity index (χ4n) is 2.85. The van der Waals surface area contributed by atoms with Crippen LogP contribution in [0.4, 0.5) is 15.8 Å². The van der Waals surface area contributed by atoms with Gasteiger partial charge in [-0.05, 0) is 25.0 Å². The molecule has 1 heterocycles. The Labute approximate surface area is 142 Å². The summed E-state index contributed by atoms with van der Waals surface area (Å²) in [5.74, 6) is -0.409. The van der Waals surface area contributed by atoms with Gasteiger partial charge in [0.05, 0.1) is 30.6 Å². The van der Waals surface area contributed by atoms with Gasteiger partial charge in [-0.2, -0.15) is 5.06 Å². The van der Waals surface area contributed by atoms with Crippen LogP contribution < -0.4 is 15.7 Å². The van der Waals surface area contributed by atoms with Crippen molar-refractivity contribution in [2.75, 3.05) is 49.3 Å². The quantitative estimate of drug-likeness (QED) is 0.660. The van der Waals surface area contributed by atoms with Crippen LogP contribution in [0.2, 0.25) is 0 Å². The average Bonchev–Trinajstić information content (AvgIpc) is 3.40. The second kappa shape index (κ2) is 7.62. The maximum Gasteiger partial charge on any atom is 0.148 e. The van der Waals surface area contributed by atoms with Gasteiger partial charge in [0, 0.05) is 39.7 Å². The third-order valence-corrected chi connectivity index (χ3v) is 4.39. The first-order chi connectivity index (χ1) is 11.6. The number of hydrogen-bond donors (Lipinski definition) is 3. The van der Waals surface area contributed by atoms with Gasteiger partial charge in [0.1, 0.15) is 5.82 Å². The lowest BCUT2D eigenvalue weighted by Crippen LogP contribution is -2.34. The van der Waals surface area contributed by atoms with E-state index in [0.29, 0.717) is 31.4 Å². The molecule has 1 aromatic rings. The van der Waals surface area contributed by atoms with Gasteiger partial charge in [-0.15, -0.1) is 0 Å². The number of nitrogens with zero attached hydrogens (tertiary/aromatic N) is 3. The van der Waals surface area contributed by atoms with E-state index >= 15 is 0 Å². The number of aliphatic hydroxyl groups is 1. The molecular formula is C16H27FN4O3.